The molecular formula is C17H18F5IN4O. The number of benzene rings is 1. The summed E-state index contributed by atoms with van der Waals surface area (Å²) in [5, 5.41) is 5.73. The summed E-state index contributed by atoms with van der Waals surface area (Å²) in [7, 11) is 1.49. The quantitative estimate of drug-likeness (QED) is 0.266. The Balaban J connectivity index is 0.00000392. The summed E-state index contributed by atoms with van der Waals surface area (Å²) in [6.45, 7) is -1.23. The van der Waals surface area contributed by atoms with E-state index in [9.17, 15) is 22.0 Å². The lowest BCUT2D eigenvalue weighted by Gasteiger charge is -2.13. The molecule has 0 spiro atoms. The fourth-order valence-electron chi connectivity index (χ4n) is 2.06. The van der Waals surface area contributed by atoms with E-state index in [0.29, 0.717) is 11.5 Å². The molecule has 0 aliphatic rings. The molecule has 28 heavy (non-hydrogen) atoms. The van der Waals surface area contributed by atoms with Gasteiger partial charge in [0.2, 0.25) is 5.88 Å². The summed E-state index contributed by atoms with van der Waals surface area (Å²) < 4.78 is 67.9. The van der Waals surface area contributed by atoms with Crippen LogP contribution in [0.5, 0.6) is 5.88 Å². The van der Waals surface area contributed by atoms with Crippen molar-refractivity contribution < 1.29 is 26.7 Å². The van der Waals surface area contributed by atoms with Crippen LogP contribution in [0.15, 0.2) is 41.5 Å². The van der Waals surface area contributed by atoms with Crippen molar-refractivity contribution in [3.05, 3.63) is 59.3 Å². The number of ether oxygens (including phenoxy) is 1. The molecule has 0 saturated heterocycles. The van der Waals surface area contributed by atoms with E-state index >= 15 is 0 Å². The highest BCUT2D eigenvalue weighted by atomic mass is 127. The Morgan fingerprint density at radius 3 is 2.50 bits per heavy atom. The van der Waals surface area contributed by atoms with Crippen molar-refractivity contribution >= 4 is 29.9 Å². The Labute approximate surface area is 175 Å². The van der Waals surface area contributed by atoms with Crippen molar-refractivity contribution in [2.45, 2.75) is 19.3 Å². The monoisotopic (exact) mass is 516 g/mol. The molecule has 0 fully saturated rings. The van der Waals surface area contributed by atoms with Gasteiger partial charge in [0, 0.05) is 38.0 Å². The SMILES string of the molecule is CN=C(NCc1ccnc(OCC(F)(F)F)c1)NCc1cc(F)ccc1F.I. The molecule has 0 amide bonds. The maximum atomic E-state index is 13.6. The summed E-state index contributed by atoms with van der Waals surface area (Å²) in [4.78, 5) is 7.65. The third kappa shape index (κ3) is 8.23. The van der Waals surface area contributed by atoms with Crippen molar-refractivity contribution in [1.29, 1.82) is 0 Å². The maximum Gasteiger partial charge on any atom is 0.422 e. The molecule has 11 heteroatoms. The van der Waals surface area contributed by atoms with Crippen LogP contribution in [-0.2, 0) is 13.1 Å². The number of aromatic nitrogens is 1. The molecule has 1 aromatic heterocycles. The van der Waals surface area contributed by atoms with Gasteiger partial charge in [-0.05, 0) is 29.8 Å². The summed E-state index contributed by atoms with van der Waals surface area (Å²) in [6.07, 6.45) is -3.13. The molecule has 1 aromatic carbocycles. The van der Waals surface area contributed by atoms with Gasteiger partial charge in [0.15, 0.2) is 12.6 Å². The van der Waals surface area contributed by atoms with Gasteiger partial charge < -0.3 is 15.4 Å². The second-order valence-electron chi connectivity index (χ2n) is 5.42. The van der Waals surface area contributed by atoms with Gasteiger partial charge in [0.25, 0.3) is 0 Å². The van der Waals surface area contributed by atoms with Crippen LogP contribution in [0.3, 0.4) is 0 Å². The molecule has 2 aromatic rings. The minimum absolute atomic E-state index is 0. The zero-order chi connectivity index (χ0) is 19.9. The second kappa shape index (κ2) is 11.0. The molecule has 1 heterocycles. The van der Waals surface area contributed by atoms with E-state index in [4.69, 9.17) is 0 Å². The molecule has 0 bridgehead atoms. The summed E-state index contributed by atoms with van der Waals surface area (Å²) in [5.74, 6) is -0.969. The van der Waals surface area contributed by atoms with Gasteiger partial charge in [-0.15, -0.1) is 24.0 Å². The van der Waals surface area contributed by atoms with Crippen molar-refractivity contribution in [3.8, 4) is 5.88 Å². The number of pyridine rings is 1. The molecule has 0 unspecified atom stereocenters. The number of guanidine groups is 1. The number of alkyl halides is 3. The largest absolute Gasteiger partial charge is 0.468 e. The van der Waals surface area contributed by atoms with Crippen LogP contribution in [-0.4, -0.2) is 30.8 Å². The number of nitrogens with one attached hydrogen (secondary N) is 2. The predicted octanol–water partition coefficient (Wildman–Crippen LogP) is 3.78. The van der Waals surface area contributed by atoms with E-state index in [0.717, 1.165) is 18.2 Å². The first-order valence-electron chi connectivity index (χ1n) is 7.80. The van der Waals surface area contributed by atoms with E-state index in [1.54, 1.807) is 6.07 Å². The van der Waals surface area contributed by atoms with Crippen LogP contribution >= 0.6 is 24.0 Å². The Kier molecular flexibility index (Phi) is 9.35. The van der Waals surface area contributed by atoms with Crippen molar-refractivity contribution in [2.75, 3.05) is 13.7 Å². The lowest BCUT2D eigenvalue weighted by molar-refractivity contribution is -0.154. The number of nitrogens with zero attached hydrogens (tertiary/aromatic N) is 2. The van der Waals surface area contributed by atoms with Crippen LogP contribution in [0, 0.1) is 11.6 Å². The lowest BCUT2D eigenvalue weighted by Crippen LogP contribution is -2.36. The van der Waals surface area contributed by atoms with Crippen LogP contribution < -0.4 is 15.4 Å². The zero-order valence-corrected chi connectivity index (χ0v) is 17.0. The lowest BCUT2D eigenvalue weighted by atomic mass is 10.2. The van der Waals surface area contributed by atoms with Gasteiger partial charge in [-0.25, -0.2) is 13.8 Å². The number of hydrogen-bond acceptors (Lipinski definition) is 3. The number of hydrogen-bond donors (Lipinski definition) is 2. The fourth-order valence-corrected chi connectivity index (χ4v) is 2.06. The summed E-state index contributed by atoms with van der Waals surface area (Å²) in [6, 6.07) is 6.07. The molecule has 2 rings (SSSR count). The Hall–Kier alpha value is -2.18. The van der Waals surface area contributed by atoms with Gasteiger partial charge >= 0.3 is 6.18 Å². The fraction of sp³-hybridized carbons (Fsp3) is 0.294. The van der Waals surface area contributed by atoms with Crippen LogP contribution in [0.1, 0.15) is 11.1 Å². The molecule has 0 saturated carbocycles. The van der Waals surface area contributed by atoms with E-state index in [-0.39, 0.29) is 48.5 Å². The summed E-state index contributed by atoms with van der Waals surface area (Å²) >= 11 is 0. The number of aliphatic imine (C=N–C) groups is 1. The topological polar surface area (TPSA) is 58.5 Å². The maximum absolute atomic E-state index is 13.6. The molecule has 0 radical (unpaired) electrons. The Bertz CT molecular complexity index is 801. The standard InChI is InChI=1S/C17H17F5N4O.HI/c1-23-16(26-9-12-7-13(18)2-3-14(12)19)25-8-11-4-5-24-15(6-11)27-10-17(20,21)22;/h2-7H,8-10H2,1H3,(H2,23,25,26);1H. The molecule has 0 aliphatic carbocycles. The third-order valence-electron chi connectivity index (χ3n) is 3.32. The van der Waals surface area contributed by atoms with Crippen LogP contribution in [0.25, 0.3) is 0 Å². The van der Waals surface area contributed by atoms with E-state index < -0.39 is 24.4 Å². The van der Waals surface area contributed by atoms with E-state index in [1.807, 2.05) is 0 Å². The third-order valence-corrected chi connectivity index (χ3v) is 3.32. The average molecular weight is 516 g/mol. The number of rotatable bonds is 6. The zero-order valence-electron chi connectivity index (χ0n) is 14.7. The molecule has 5 nitrogen and oxygen atoms in total. The second-order valence-corrected chi connectivity index (χ2v) is 5.42. The Morgan fingerprint density at radius 1 is 1.11 bits per heavy atom. The first-order chi connectivity index (χ1) is 12.8. The van der Waals surface area contributed by atoms with Crippen LogP contribution in [0.2, 0.25) is 0 Å². The van der Waals surface area contributed by atoms with E-state index in [1.165, 1.54) is 19.3 Å². The minimum Gasteiger partial charge on any atom is -0.468 e. The highest BCUT2D eigenvalue weighted by Gasteiger charge is 2.28. The number of halogens is 6. The van der Waals surface area contributed by atoms with Crippen molar-refractivity contribution in [2.24, 2.45) is 4.99 Å². The van der Waals surface area contributed by atoms with Crippen LogP contribution in [0.4, 0.5) is 22.0 Å². The summed E-state index contributed by atoms with van der Waals surface area (Å²) in [5.41, 5.74) is 0.728. The first-order valence-corrected chi connectivity index (χ1v) is 7.80. The molecule has 2 N–H and O–H groups in total. The van der Waals surface area contributed by atoms with Crippen molar-refractivity contribution in [3.63, 3.8) is 0 Å². The highest BCUT2D eigenvalue weighted by molar-refractivity contribution is 14.0. The van der Waals surface area contributed by atoms with Gasteiger partial charge in [0.1, 0.15) is 11.6 Å². The van der Waals surface area contributed by atoms with Gasteiger partial charge in [-0.1, -0.05) is 0 Å². The molecule has 0 aliphatic heterocycles. The molecule has 0 atom stereocenters. The molecular weight excluding hydrogens is 498 g/mol. The first kappa shape index (κ1) is 23.9. The van der Waals surface area contributed by atoms with E-state index in [2.05, 4.69) is 25.3 Å². The van der Waals surface area contributed by atoms with Gasteiger partial charge in [0.05, 0.1) is 0 Å². The highest BCUT2D eigenvalue weighted by Crippen LogP contribution is 2.17. The average Bonchev–Trinajstić information content (AvgIpc) is 2.62. The Morgan fingerprint density at radius 2 is 1.82 bits per heavy atom. The van der Waals surface area contributed by atoms with Crippen molar-refractivity contribution in [1.82, 2.24) is 15.6 Å². The van der Waals surface area contributed by atoms with Gasteiger partial charge in [-0.2, -0.15) is 13.2 Å². The smallest absolute Gasteiger partial charge is 0.422 e. The predicted molar refractivity (Wildman–Crippen MR) is 105 cm³/mol. The normalized spacial score (nSPS) is 11.6. The van der Waals surface area contributed by atoms with Gasteiger partial charge in [-0.3, -0.25) is 4.99 Å². The minimum atomic E-state index is -4.45. The molecule has 154 valence electrons.